The smallest absolute Gasteiger partial charge is 0.416 e. The van der Waals surface area contributed by atoms with Gasteiger partial charge in [-0.05, 0) is 42.0 Å². The number of amides is 1. The van der Waals surface area contributed by atoms with Gasteiger partial charge in [0.1, 0.15) is 11.5 Å². The van der Waals surface area contributed by atoms with Gasteiger partial charge in [-0.1, -0.05) is 60.7 Å². The van der Waals surface area contributed by atoms with E-state index in [9.17, 15) is 18.0 Å². The summed E-state index contributed by atoms with van der Waals surface area (Å²) in [6.45, 7) is 0. The molecule has 0 bridgehead atoms. The fourth-order valence-electron chi connectivity index (χ4n) is 3.24. The summed E-state index contributed by atoms with van der Waals surface area (Å²) in [5.41, 5.74) is 2.09. The lowest BCUT2D eigenvalue weighted by molar-refractivity contribution is -0.137. The number of halogens is 3. The first-order valence-corrected chi connectivity index (χ1v) is 9.81. The van der Waals surface area contributed by atoms with Crippen LogP contribution in [0.5, 0.6) is 0 Å². The van der Waals surface area contributed by atoms with Gasteiger partial charge in [-0.15, -0.1) is 0 Å². The molecule has 4 aromatic rings. The molecule has 3 aromatic carbocycles. The summed E-state index contributed by atoms with van der Waals surface area (Å²) in [5, 5.41) is 2.85. The Morgan fingerprint density at radius 3 is 2.31 bits per heavy atom. The summed E-state index contributed by atoms with van der Waals surface area (Å²) < 4.78 is 44.4. The van der Waals surface area contributed by atoms with Gasteiger partial charge in [0.05, 0.1) is 5.56 Å². The van der Waals surface area contributed by atoms with E-state index in [0.717, 1.165) is 23.3 Å². The maximum Gasteiger partial charge on any atom is 0.416 e. The molecule has 1 N–H and O–H groups in total. The van der Waals surface area contributed by atoms with Gasteiger partial charge < -0.3 is 9.73 Å². The molecular weight excluding hydrogens is 415 g/mol. The minimum absolute atomic E-state index is 0.283. The molecule has 6 heteroatoms. The third kappa shape index (κ3) is 4.98. The molecule has 160 valence electrons. The van der Waals surface area contributed by atoms with Gasteiger partial charge in [0.15, 0.2) is 0 Å². The molecule has 1 amide bonds. The third-order valence-corrected chi connectivity index (χ3v) is 4.77. The van der Waals surface area contributed by atoms with Gasteiger partial charge in [0.2, 0.25) is 5.91 Å². The Kier molecular flexibility index (Phi) is 5.94. The van der Waals surface area contributed by atoms with E-state index in [1.165, 1.54) is 24.3 Å². The number of hydrogen-bond acceptors (Lipinski definition) is 2. The number of nitrogens with one attached hydrogen (secondary N) is 1. The molecule has 0 aliphatic carbocycles. The number of alkyl halides is 3. The summed E-state index contributed by atoms with van der Waals surface area (Å²) in [6.07, 6.45) is -1.65. The van der Waals surface area contributed by atoms with Crippen LogP contribution in [0, 0.1) is 0 Å². The van der Waals surface area contributed by atoms with Gasteiger partial charge in [-0.3, -0.25) is 4.79 Å². The van der Waals surface area contributed by atoms with Crippen molar-refractivity contribution >= 4 is 17.7 Å². The quantitative estimate of drug-likeness (QED) is 0.336. The van der Waals surface area contributed by atoms with Crippen molar-refractivity contribution in [1.29, 1.82) is 0 Å². The maximum atomic E-state index is 12.9. The number of carbonyl (C=O) groups excluding carboxylic acids is 1. The highest BCUT2D eigenvalue weighted by Crippen LogP contribution is 2.33. The molecule has 1 aromatic heterocycles. The van der Waals surface area contributed by atoms with Crippen molar-refractivity contribution in [2.75, 3.05) is 5.32 Å². The first-order valence-electron chi connectivity index (χ1n) is 9.81. The molecule has 0 unspecified atom stereocenters. The molecular formula is C26H18F3NO2. The Morgan fingerprint density at radius 1 is 0.812 bits per heavy atom. The zero-order valence-corrected chi connectivity index (χ0v) is 16.8. The second-order valence-electron chi connectivity index (χ2n) is 7.01. The third-order valence-electron chi connectivity index (χ3n) is 4.77. The summed E-state index contributed by atoms with van der Waals surface area (Å²) in [5.74, 6) is 0.278. The summed E-state index contributed by atoms with van der Waals surface area (Å²) in [4.78, 5) is 12.4. The first-order chi connectivity index (χ1) is 15.4. The number of furan rings is 1. The second-order valence-corrected chi connectivity index (χ2v) is 7.01. The molecule has 0 saturated heterocycles. The van der Waals surface area contributed by atoms with E-state index < -0.39 is 11.7 Å². The summed E-state index contributed by atoms with van der Waals surface area (Å²) in [7, 11) is 0. The molecule has 32 heavy (non-hydrogen) atoms. The van der Waals surface area contributed by atoms with Gasteiger partial charge in [0, 0.05) is 22.9 Å². The Labute approximate surface area is 182 Å². The van der Waals surface area contributed by atoms with Crippen LogP contribution < -0.4 is 5.32 Å². The Bertz CT molecular complexity index is 1260. The lowest BCUT2D eigenvalue weighted by atomic mass is 10.0. The fraction of sp³-hybridized carbons (Fsp3) is 0.0385. The van der Waals surface area contributed by atoms with E-state index in [1.54, 1.807) is 12.1 Å². The van der Waals surface area contributed by atoms with Crippen LogP contribution in [0.25, 0.3) is 28.5 Å². The normalized spacial score (nSPS) is 11.6. The number of rotatable bonds is 5. The van der Waals surface area contributed by atoms with E-state index in [2.05, 4.69) is 5.32 Å². The standard InChI is InChI=1S/C26H18F3NO2/c27-26(28,29)20-10-6-9-19(17-20)24-15-13-21(32-24)14-16-25(31)30-23-12-5-4-11-22(23)18-7-2-1-3-8-18/h1-17H,(H,30,31)/b16-14+. The first kappa shape index (κ1) is 21.2. The summed E-state index contributed by atoms with van der Waals surface area (Å²) >= 11 is 0. The number of carbonyl (C=O) groups is 1. The predicted molar refractivity (Wildman–Crippen MR) is 119 cm³/mol. The lowest BCUT2D eigenvalue weighted by Crippen LogP contribution is -2.08. The molecule has 1 heterocycles. The van der Waals surface area contributed by atoms with Gasteiger partial charge >= 0.3 is 6.18 Å². The van der Waals surface area contributed by atoms with Crippen LogP contribution in [0.4, 0.5) is 18.9 Å². The van der Waals surface area contributed by atoms with Crippen molar-refractivity contribution in [3.05, 3.63) is 108 Å². The van der Waals surface area contributed by atoms with E-state index in [1.807, 2.05) is 54.6 Å². The molecule has 0 saturated carbocycles. The van der Waals surface area contributed by atoms with Crippen molar-refractivity contribution in [1.82, 2.24) is 0 Å². The predicted octanol–water partition coefficient (Wildman–Crippen LogP) is 7.28. The van der Waals surface area contributed by atoms with Gasteiger partial charge in [-0.25, -0.2) is 0 Å². The number of para-hydroxylation sites is 1. The van der Waals surface area contributed by atoms with E-state index in [-0.39, 0.29) is 11.7 Å². The van der Waals surface area contributed by atoms with Crippen molar-refractivity contribution in [2.24, 2.45) is 0 Å². The zero-order chi connectivity index (χ0) is 22.6. The van der Waals surface area contributed by atoms with E-state index in [4.69, 9.17) is 4.42 Å². The van der Waals surface area contributed by atoms with Gasteiger partial charge in [0.25, 0.3) is 0 Å². The highest BCUT2D eigenvalue weighted by molar-refractivity contribution is 6.04. The van der Waals surface area contributed by atoms with Crippen LogP contribution in [0.1, 0.15) is 11.3 Å². The monoisotopic (exact) mass is 433 g/mol. The SMILES string of the molecule is O=C(/C=C/c1ccc(-c2cccc(C(F)(F)F)c2)o1)Nc1ccccc1-c1ccccc1. The van der Waals surface area contributed by atoms with Gasteiger partial charge in [-0.2, -0.15) is 13.2 Å². The second kappa shape index (κ2) is 8.98. The van der Waals surface area contributed by atoms with Crippen molar-refractivity contribution in [3.8, 4) is 22.5 Å². The molecule has 0 aliphatic heterocycles. The van der Waals surface area contributed by atoms with Crippen LogP contribution in [-0.4, -0.2) is 5.91 Å². The van der Waals surface area contributed by atoms with Crippen LogP contribution in [-0.2, 0) is 11.0 Å². The summed E-state index contributed by atoms with van der Waals surface area (Å²) in [6, 6.07) is 25.2. The highest BCUT2D eigenvalue weighted by atomic mass is 19.4. The molecule has 3 nitrogen and oxygen atoms in total. The van der Waals surface area contributed by atoms with E-state index in [0.29, 0.717) is 17.0 Å². The number of anilines is 1. The molecule has 0 radical (unpaired) electrons. The average Bonchev–Trinajstić information content (AvgIpc) is 3.27. The maximum absolute atomic E-state index is 12.9. The minimum atomic E-state index is -4.43. The highest BCUT2D eigenvalue weighted by Gasteiger charge is 2.30. The fourth-order valence-corrected chi connectivity index (χ4v) is 3.24. The van der Waals surface area contributed by atoms with Crippen LogP contribution in [0.3, 0.4) is 0 Å². The van der Waals surface area contributed by atoms with Crippen LogP contribution in [0.15, 0.2) is 101 Å². The van der Waals surface area contributed by atoms with Crippen LogP contribution >= 0.6 is 0 Å². The lowest BCUT2D eigenvalue weighted by Gasteiger charge is -2.09. The Hall–Kier alpha value is -4.06. The molecule has 0 spiro atoms. The Balaban J connectivity index is 1.48. The number of benzene rings is 3. The molecule has 0 aliphatic rings. The molecule has 4 rings (SSSR count). The molecule has 0 atom stereocenters. The van der Waals surface area contributed by atoms with Crippen molar-refractivity contribution in [2.45, 2.75) is 6.18 Å². The molecule has 0 fully saturated rings. The number of hydrogen-bond donors (Lipinski definition) is 1. The topological polar surface area (TPSA) is 42.2 Å². The minimum Gasteiger partial charge on any atom is -0.457 e. The van der Waals surface area contributed by atoms with Crippen molar-refractivity contribution in [3.63, 3.8) is 0 Å². The zero-order valence-electron chi connectivity index (χ0n) is 16.8. The van der Waals surface area contributed by atoms with Crippen LogP contribution in [0.2, 0.25) is 0 Å². The largest absolute Gasteiger partial charge is 0.457 e. The Morgan fingerprint density at radius 2 is 1.53 bits per heavy atom. The average molecular weight is 433 g/mol. The van der Waals surface area contributed by atoms with Crippen molar-refractivity contribution < 1.29 is 22.4 Å². The van der Waals surface area contributed by atoms with E-state index >= 15 is 0 Å².